The van der Waals surface area contributed by atoms with Crippen LogP contribution < -0.4 is 5.32 Å². The molecule has 1 aliphatic rings. The molecule has 7 nitrogen and oxygen atoms in total. The van der Waals surface area contributed by atoms with Crippen LogP contribution in [0.2, 0.25) is 0 Å². The van der Waals surface area contributed by atoms with Crippen LogP contribution in [0.5, 0.6) is 0 Å². The van der Waals surface area contributed by atoms with E-state index in [1.165, 1.54) is 29.1 Å². The molecule has 3 heterocycles. The number of carbonyl (C=O) groups excluding carboxylic acids is 1. The molecule has 4 rings (SSSR count). The van der Waals surface area contributed by atoms with Crippen molar-refractivity contribution < 1.29 is 9.90 Å². The number of nitrogens with one attached hydrogen (secondary N) is 1. The second kappa shape index (κ2) is 7.23. The normalized spacial score (nSPS) is 15.6. The number of aliphatic hydroxyl groups is 1. The number of β-amino-alcohol motifs (C(OH)–C–C–N with tert-alkyl or cyclic N) is 1. The second-order valence-electron chi connectivity index (χ2n) is 6.54. The van der Waals surface area contributed by atoms with Gasteiger partial charge in [-0.3, -0.25) is 9.69 Å². The van der Waals surface area contributed by atoms with Crippen molar-refractivity contribution in [3.63, 3.8) is 0 Å². The predicted octanol–water partition coefficient (Wildman–Crippen LogP) is 1.04. The Hall–Kier alpha value is -2.77. The third-order valence-corrected chi connectivity index (χ3v) is 4.70. The van der Waals surface area contributed by atoms with E-state index in [-0.39, 0.29) is 12.5 Å². The molecule has 3 aromatic rings. The van der Waals surface area contributed by atoms with E-state index in [0.29, 0.717) is 12.2 Å². The van der Waals surface area contributed by atoms with Gasteiger partial charge in [-0.1, -0.05) is 18.2 Å². The number of benzene rings is 1. The van der Waals surface area contributed by atoms with E-state index in [9.17, 15) is 9.90 Å². The molecule has 1 amide bonds. The van der Waals surface area contributed by atoms with Crippen LogP contribution in [0.1, 0.15) is 16.2 Å². The molecular formula is C19H21N5O2. The molecule has 1 unspecified atom stereocenters. The number of rotatable bonds is 5. The lowest BCUT2D eigenvalue weighted by atomic mass is 10.2. The van der Waals surface area contributed by atoms with Crippen LogP contribution in [-0.4, -0.2) is 56.2 Å². The van der Waals surface area contributed by atoms with E-state index in [1.54, 1.807) is 6.07 Å². The minimum Gasteiger partial charge on any atom is -0.390 e. The smallest absolute Gasteiger partial charge is 0.270 e. The Balaban J connectivity index is 1.33. The Morgan fingerprint density at radius 1 is 1.27 bits per heavy atom. The fourth-order valence-electron chi connectivity index (χ4n) is 3.46. The number of fused-ring (bicyclic) bond motifs is 3. The molecule has 7 heteroatoms. The van der Waals surface area contributed by atoms with Gasteiger partial charge in [0, 0.05) is 50.1 Å². The molecule has 0 saturated carbocycles. The highest BCUT2D eigenvalue weighted by Crippen LogP contribution is 2.23. The summed E-state index contributed by atoms with van der Waals surface area (Å²) < 4.78 is 2.34. The molecular weight excluding hydrogens is 330 g/mol. The Morgan fingerprint density at radius 2 is 2.15 bits per heavy atom. The van der Waals surface area contributed by atoms with E-state index in [1.807, 2.05) is 0 Å². The Morgan fingerprint density at radius 3 is 3.00 bits per heavy atom. The van der Waals surface area contributed by atoms with Gasteiger partial charge >= 0.3 is 0 Å². The number of para-hydroxylation sites is 1. The summed E-state index contributed by atoms with van der Waals surface area (Å²) in [5, 5.41) is 14.3. The van der Waals surface area contributed by atoms with Crippen molar-refractivity contribution in [2.75, 3.05) is 19.6 Å². The average molecular weight is 351 g/mol. The molecule has 0 spiro atoms. The summed E-state index contributed by atoms with van der Waals surface area (Å²) in [6.45, 7) is 3.30. The van der Waals surface area contributed by atoms with Gasteiger partial charge < -0.3 is 15.0 Å². The first-order valence-electron chi connectivity index (χ1n) is 8.72. The summed E-state index contributed by atoms with van der Waals surface area (Å²) in [5.41, 5.74) is 2.82. The summed E-state index contributed by atoms with van der Waals surface area (Å²) in [6.07, 6.45) is 2.22. The molecule has 1 aliphatic heterocycles. The molecule has 1 aromatic carbocycles. The third-order valence-electron chi connectivity index (χ3n) is 4.70. The Bertz CT molecular complexity index is 909. The minimum absolute atomic E-state index is 0.197. The van der Waals surface area contributed by atoms with Gasteiger partial charge in [0.15, 0.2) is 0 Å². The van der Waals surface area contributed by atoms with Gasteiger partial charge in [-0.25, -0.2) is 9.97 Å². The fourth-order valence-corrected chi connectivity index (χ4v) is 3.46. The van der Waals surface area contributed by atoms with Crippen LogP contribution in [0.4, 0.5) is 0 Å². The van der Waals surface area contributed by atoms with Crippen LogP contribution in [0, 0.1) is 0 Å². The van der Waals surface area contributed by atoms with Crippen molar-refractivity contribution in [3.8, 4) is 0 Å². The second-order valence-corrected chi connectivity index (χ2v) is 6.54. The summed E-state index contributed by atoms with van der Waals surface area (Å²) in [6, 6.07) is 12.1. The summed E-state index contributed by atoms with van der Waals surface area (Å²) in [7, 11) is 0. The zero-order valence-corrected chi connectivity index (χ0v) is 14.4. The molecule has 2 aromatic heterocycles. The topological polar surface area (TPSA) is 83.3 Å². The van der Waals surface area contributed by atoms with Gasteiger partial charge in [-0.15, -0.1) is 0 Å². The van der Waals surface area contributed by atoms with E-state index < -0.39 is 6.10 Å². The van der Waals surface area contributed by atoms with E-state index in [2.05, 4.69) is 55.1 Å². The lowest BCUT2D eigenvalue weighted by Crippen LogP contribution is -2.43. The van der Waals surface area contributed by atoms with Crippen molar-refractivity contribution in [1.29, 1.82) is 0 Å². The highest BCUT2D eigenvalue weighted by Gasteiger charge is 2.21. The van der Waals surface area contributed by atoms with Gasteiger partial charge in [-0.05, 0) is 23.6 Å². The number of hydrogen-bond donors (Lipinski definition) is 2. The summed E-state index contributed by atoms with van der Waals surface area (Å²) >= 11 is 0. The van der Waals surface area contributed by atoms with Gasteiger partial charge in [-0.2, -0.15) is 0 Å². The van der Waals surface area contributed by atoms with Crippen molar-refractivity contribution in [3.05, 3.63) is 60.3 Å². The van der Waals surface area contributed by atoms with Crippen LogP contribution in [-0.2, 0) is 13.1 Å². The highest BCUT2D eigenvalue weighted by molar-refractivity contribution is 5.92. The summed E-state index contributed by atoms with van der Waals surface area (Å²) in [4.78, 5) is 21.9. The van der Waals surface area contributed by atoms with Crippen LogP contribution >= 0.6 is 0 Å². The monoisotopic (exact) mass is 351 g/mol. The van der Waals surface area contributed by atoms with Crippen molar-refractivity contribution in [2.24, 2.45) is 0 Å². The van der Waals surface area contributed by atoms with Crippen LogP contribution in [0.25, 0.3) is 10.9 Å². The third kappa shape index (κ3) is 3.44. The van der Waals surface area contributed by atoms with E-state index in [0.717, 1.165) is 19.6 Å². The summed E-state index contributed by atoms with van der Waals surface area (Å²) in [5.74, 6) is -0.301. The number of aliphatic hydroxyl groups excluding tert-OH is 1. The van der Waals surface area contributed by atoms with Crippen LogP contribution in [0.3, 0.4) is 0 Å². The number of amides is 1. The lowest BCUT2D eigenvalue weighted by molar-refractivity contribution is 0.0815. The van der Waals surface area contributed by atoms with Crippen molar-refractivity contribution in [1.82, 2.24) is 24.8 Å². The Labute approximate surface area is 151 Å². The van der Waals surface area contributed by atoms with Gasteiger partial charge in [0.25, 0.3) is 5.91 Å². The SMILES string of the molecule is O=C(NCC(O)CN1CCn2c(cc3ccccc32)C1)c1ccncn1. The maximum atomic E-state index is 12.0. The quantitative estimate of drug-likeness (QED) is 0.718. The number of nitrogens with zero attached hydrogens (tertiary/aromatic N) is 4. The fraction of sp³-hybridized carbons (Fsp3) is 0.316. The van der Waals surface area contributed by atoms with Gasteiger partial charge in [0.1, 0.15) is 12.0 Å². The Kier molecular flexibility index (Phi) is 4.64. The first-order valence-corrected chi connectivity index (χ1v) is 8.72. The van der Waals surface area contributed by atoms with Crippen LogP contribution in [0.15, 0.2) is 48.9 Å². The zero-order chi connectivity index (χ0) is 17.9. The minimum atomic E-state index is -0.628. The van der Waals surface area contributed by atoms with Gasteiger partial charge in [0.2, 0.25) is 0 Å². The molecule has 0 bridgehead atoms. The molecule has 134 valence electrons. The highest BCUT2D eigenvalue weighted by atomic mass is 16.3. The first kappa shape index (κ1) is 16.7. The van der Waals surface area contributed by atoms with Gasteiger partial charge in [0.05, 0.1) is 6.10 Å². The predicted molar refractivity (Wildman–Crippen MR) is 97.6 cm³/mol. The molecule has 0 radical (unpaired) electrons. The maximum Gasteiger partial charge on any atom is 0.270 e. The molecule has 2 N–H and O–H groups in total. The van der Waals surface area contributed by atoms with E-state index in [4.69, 9.17) is 0 Å². The largest absolute Gasteiger partial charge is 0.390 e. The van der Waals surface area contributed by atoms with Crippen molar-refractivity contribution in [2.45, 2.75) is 19.2 Å². The number of hydrogen-bond acceptors (Lipinski definition) is 5. The molecule has 26 heavy (non-hydrogen) atoms. The number of carbonyl (C=O) groups is 1. The number of aromatic nitrogens is 3. The zero-order valence-electron chi connectivity index (χ0n) is 14.4. The van der Waals surface area contributed by atoms with Crippen molar-refractivity contribution >= 4 is 16.8 Å². The lowest BCUT2D eigenvalue weighted by Gasteiger charge is -2.30. The molecule has 0 fully saturated rings. The maximum absolute atomic E-state index is 12.0. The molecule has 1 atom stereocenters. The van der Waals surface area contributed by atoms with E-state index >= 15 is 0 Å². The molecule has 0 saturated heterocycles. The standard InChI is InChI=1S/C19H21N5O2/c25-16(10-21-19(26)17-5-6-20-13-22-17)12-23-7-8-24-15(11-23)9-14-3-1-2-4-18(14)24/h1-6,9,13,16,25H,7-8,10-12H2,(H,21,26). The average Bonchev–Trinajstić information content (AvgIpc) is 3.04. The first-order chi connectivity index (χ1) is 12.7. The molecule has 0 aliphatic carbocycles.